The Bertz CT molecular complexity index is 593. The molecule has 2 rings (SSSR count). The molecule has 1 unspecified atom stereocenters. The van der Waals surface area contributed by atoms with Crippen LogP contribution in [0.15, 0.2) is 36.4 Å². The first-order chi connectivity index (χ1) is 9.04. The van der Waals surface area contributed by atoms with E-state index in [0.717, 1.165) is 16.7 Å². The molecule has 2 aromatic rings. The van der Waals surface area contributed by atoms with Crippen LogP contribution in [-0.4, -0.2) is 7.05 Å². The summed E-state index contributed by atoms with van der Waals surface area (Å²) in [5, 5.41) is 3.83. The van der Waals surface area contributed by atoms with Crippen LogP contribution in [0.3, 0.4) is 0 Å². The standard InChI is InChI=1S/C16H17ClFN/c1-10-7-8-14(18)13(9-10)16(19-3)12-6-4-5-11(2)15(12)17/h4-9,16,19H,1-3H3. The SMILES string of the molecule is CNC(c1cc(C)ccc1F)c1cccc(C)c1Cl. The van der Waals surface area contributed by atoms with Crippen LogP contribution in [0.5, 0.6) is 0 Å². The van der Waals surface area contributed by atoms with Crippen LogP contribution in [0.1, 0.15) is 28.3 Å². The summed E-state index contributed by atoms with van der Waals surface area (Å²) in [5.74, 6) is -0.220. The molecule has 0 radical (unpaired) electrons. The van der Waals surface area contributed by atoms with Crippen molar-refractivity contribution in [2.75, 3.05) is 7.05 Å². The molecule has 0 bridgehead atoms. The Labute approximate surface area is 118 Å². The van der Waals surface area contributed by atoms with E-state index in [1.54, 1.807) is 6.07 Å². The zero-order chi connectivity index (χ0) is 14.0. The van der Waals surface area contributed by atoms with E-state index in [-0.39, 0.29) is 11.9 Å². The van der Waals surface area contributed by atoms with Crippen molar-refractivity contribution < 1.29 is 4.39 Å². The molecule has 0 aliphatic heterocycles. The average Bonchev–Trinajstić information content (AvgIpc) is 2.39. The number of halogens is 2. The zero-order valence-electron chi connectivity index (χ0n) is 11.3. The van der Waals surface area contributed by atoms with Crippen molar-refractivity contribution >= 4 is 11.6 Å². The van der Waals surface area contributed by atoms with Gasteiger partial charge in [0.15, 0.2) is 0 Å². The van der Waals surface area contributed by atoms with Crippen molar-refractivity contribution in [2.45, 2.75) is 19.9 Å². The Morgan fingerprint density at radius 3 is 2.53 bits per heavy atom. The minimum atomic E-state index is -0.243. The van der Waals surface area contributed by atoms with E-state index in [1.165, 1.54) is 6.07 Å². The summed E-state index contributed by atoms with van der Waals surface area (Å²) < 4.78 is 14.0. The maximum Gasteiger partial charge on any atom is 0.128 e. The average molecular weight is 278 g/mol. The molecule has 0 aliphatic rings. The normalized spacial score (nSPS) is 12.5. The fourth-order valence-electron chi connectivity index (χ4n) is 2.26. The van der Waals surface area contributed by atoms with Gasteiger partial charge in [-0.15, -0.1) is 0 Å². The molecule has 0 saturated carbocycles. The van der Waals surface area contributed by atoms with Gasteiger partial charge in [0.1, 0.15) is 5.82 Å². The van der Waals surface area contributed by atoms with Gasteiger partial charge < -0.3 is 5.32 Å². The lowest BCUT2D eigenvalue weighted by Crippen LogP contribution is -2.19. The largest absolute Gasteiger partial charge is 0.309 e. The molecular formula is C16H17ClFN. The molecule has 100 valence electrons. The van der Waals surface area contributed by atoms with Gasteiger partial charge in [0, 0.05) is 10.6 Å². The van der Waals surface area contributed by atoms with Gasteiger partial charge in [-0.3, -0.25) is 0 Å². The van der Waals surface area contributed by atoms with E-state index < -0.39 is 0 Å². The molecule has 1 N–H and O–H groups in total. The lowest BCUT2D eigenvalue weighted by atomic mass is 9.95. The number of benzene rings is 2. The first kappa shape index (κ1) is 14.0. The summed E-state index contributed by atoms with van der Waals surface area (Å²) >= 11 is 6.35. The molecule has 2 aromatic carbocycles. The Balaban J connectivity index is 2.56. The zero-order valence-corrected chi connectivity index (χ0v) is 12.1. The molecular weight excluding hydrogens is 261 g/mol. The van der Waals surface area contributed by atoms with Gasteiger partial charge in [0.25, 0.3) is 0 Å². The minimum Gasteiger partial charge on any atom is -0.309 e. The van der Waals surface area contributed by atoms with Crippen molar-refractivity contribution in [3.8, 4) is 0 Å². The minimum absolute atomic E-state index is 0.220. The Hall–Kier alpha value is -1.38. The van der Waals surface area contributed by atoms with Gasteiger partial charge in [-0.2, -0.15) is 0 Å². The molecule has 0 saturated heterocycles. The highest BCUT2D eigenvalue weighted by Gasteiger charge is 2.19. The van der Waals surface area contributed by atoms with Crippen LogP contribution in [-0.2, 0) is 0 Å². The van der Waals surface area contributed by atoms with Crippen LogP contribution < -0.4 is 5.32 Å². The summed E-state index contributed by atoms with van der Waals surface area (Å²) in [6, 6.07) is 10.7. The number of rotatable bonds is 3. The number of hydrogen-bond acceptors (Lipinski definition) is 1. The maximum atomic E-state index is 14.0. The lowest BCUT2D eigenvalue weighted by Gasteiger charge is -2.20. The van der Waals surface area contributed by atoms with E-state index >= 15 is 0 Å². The van der Waals surface area contributed by atoms with Crippen molar-refractivity contribution in [3.05, 3.63) is 69.5 Å². The third-order valence-electron chi connectivity index (χ3n) is 3.28. The fourth-order valence-corrected chi connectivity index (χ4v) is 2.49. The van der Waals surface area contributed by atoms with Crippen molar-refractivity contribution in [1.82, 2.24) is 5.32 Å². The molecule has 0 heterocycles. The quantitative estimate of drug-likeness (QED) is 0.876. The van der Waals surface area contributed by atoms with E-state index in [2.05, 4.69) is 5.32 Å². The summed E-state index contributed by atoms with van der Waals surface area (Å²) in [4.78, 5) is 0. The third-order valence-corrected chi connectivity index (χ3v) is 3.80. The fraction of sp³-hybridized carbons (Fsp3) is 0.250. The molecule has 3 heteroatoms. The molecule has 0 amide bonds. The molecule has 1 atom stereocenters. The highest BCUT2D eigenvalue weighted by molar-refractivity contribution is 6.32. The van der Waals surface area contributed by atoms with Crippen LogP contribution in [0.4, 0.5) is 4.39 Å². The summed E-state index contributed by atoms with van der Waals surface area (Å²) in [7, 11) is 1.81. The molecule has 0 aromatic heterocycles. The Morgan fingerprint density at radius 1 is 1.11 bits per heavy atom. The summed E-state index contributed by atoms with van der Waals surface area (Å²) in [6.07, 6.45) is 0. The molecule has 0 aliphatic carbocycles. The maximum absolute atomic E-state index is 14.0. The molecule has 0 spiro atoms. The summed E-state index contributed by atoms with van der Waals surface area (Å²) in [5.41, 5.74) is 3.54. The predicted octanol–water partition coefficient (Wildman–Crippen LogP) is 4.40. The van der Waals surface area contributed by atoms with E-state index in [4.69, 9.17) is 11.6 Å². The molecule has 19 heavy (non-hydrogen) atoms. The van der Waals surface area contributed by atoms with Gasteiger partial charge in [-0.25, -0.2) is 4.39 Å². The third kappa shape index (κ3) is 2.80. The van der Waals surface area contributed by atoms with Crippen molar-refractivity contribution in [1.29, 1.82) is 0 Å². The van der Waals surface area contributed by atoms with Gasteiger partial charge in [0.05, 0.1) is 6.04 Å². The first-order valence-corrected chi connectivity index (χ1v) is 6.60. The van der Waals surface area contributed by atoms with Crippen LogP contribution in [0.25, 0.3) is 0 Å². The smallest absolute Gasteiger partial charge is 0.128 e. The summed E-state index contributed by atoms with van der Waals surface area (Å²) in [6.45, 7) is 3.90. The number of hydrogen-bond donors (Lipinski definition) is 1. The van der Waals surface area contributed by atoms with E-state index in [1.807, 2.05) is 45.2 Å². The molecule has 1 nitrogen and oxygen atoms in total. The van der Waals surface area contributed by atoms with E-state index in [0.29, 0.717) is 10.6 Å². The van der Waals surface area contributed by atoms with Gasteiger partial charge >= 0.3 is 0 Å². The van der Waals surface area contributed by atoms with Crippen molar-refractivity contribution in [2.24, 2.45) is 0 Å². The highest BCUT2D eigenvalue weighted by atomic mass is 35.5. The van der Waals surface area contributed by atoms with Crippen molar-refractivity contribution in [3.63, 3.8) is 0 Å². The monoisotopic (exact) mass is 277 g/mol. The lowest BCUT2D eigenvalue weighted by molar-refractivity contribution is 0.575. The van der Waals surface area contributed by atoms with Gasteiger partial charge in [-0.1, -0.05) is 47.5 Å². The highest BCUT2D eigenvalue weighted by Crippen LogP contribution is 2.31. The molecule has 0 fully saturated rings. The predicted molar refractivity (Wildman–Crippen MR) is 78.2 cm³/mol. The van der Waals surface area contributed by atoms with Gasteiger partial charge in [0.2, 0.25) is 0 Å². The van der Waals surface area contributed by atoms with Crippen LogP contribution in [0, 0.1) is 19.7 Å². The van der Waals surface area contributed by atoms with Gasteiger partial charge in [-0.05, 0) is 38.1 Å². The van der Waals surface area contributed by atoms with Crippen LogP contribution in [0.2, 0.25) is 5.02 Å². The Morgan fingerprint density at radius 2 is 1.84 bits per heavy atom. The number of aryl methyl sites for hydroxylation is 2. The number of nitrogens with one attached hydrogen (secondary N) is 1. The first-order valence-electron chi connectivity index (χ1n) is 6.23. The second kappa shape index (κ2) is 5.72. The second-order valence-electron chi connectivity index (χ2n) is 4.72. The van der Waals surface area contributed by atoms with Crippen LogP contribution >= 0.6 is 11.6 Å². The second-order valence-corrected chi connectivity index (χ2v) is 5.10. The Kier molecular flexibility index (Phi) is 4.23. The van der Waals surface area contributed by atoms with E-state index in [9.17, 15) is 4.39 Å². The topological polar surface area (TPSA) is 12.0 Å².